The molecule has 1 aliphatic rings. The van der Waals surface area contributed by atoms with Gasteiger partial charge in [-0.2, -0.15) is 0 Å². The van der Waals surface area contributed by atoms with Crippen LogP contribution in [0.25, 0.3) is 0 Å². The van der Waals surface area contributed by atoms with Crippen molar-refractivity contribution in [3.8, 4) is 0 Å². The Morgan fingerprint density at radius 2 is 1.88 bits per heavy atom. The fraction of sp³-hybridized carbons (Fsp3) is 0.538. The Kier molecular flexibility index (Phi) is 4.00. The molecule has 0 atom stereocenters. The molecule has 0 unspecified atom stereocenters. The molecule has 1 aromatic carbocycles. The van der Waals surface area contributed by atoms with Gasteiger partial charge in [0, 0.05) is 37.2 Å². The molecule has 0 amide bonds. The zero-order valence-corrected chi connectivity index (χ0v) is 11.6. The van der Waals surface area contributed by atoms with Crippen LogP contribution in [0.2, 0.25) is 0 Å². The van der Waals surface area contributed by atoms with E-state index in [2.05, 4.69) is 57.9 Å². The summed E-state index contributed by atoms with van der Waals surface area (Å²) in [6, 6.07) is 6.58. The Balaban J connectivity index is 2.00. The first-order chi connectivity index (χ1) is 7.65. The number of hydrogen-bond acceptors (Lipinski definition) is 2. The normalized spacial score (nSPS) is 18.9. The van der Waals surface area contributed by atoms with Gasteiger partial charge in [-0.1, -0.05) is 33.6 Å². The van der Waals surface area contributed by atoms with Gasteiger partial charge in [-0.25, -0.2) is 0 Å². The molecule has 0 saturated carbocycles. The number of aryl methyl sites for hydroxylation is 1. The average molecular weight is 283 g/mol. The number of hydrogen-bond donors (Lipinski definition) is 0. The van der Waals surface area contributed by atoms with Crippen LogP contribution in [-0.4, -0.2) is 43.0 Å². The van der Waals surface area contributed by atoms with Crippen molar-refractivity contribution in [1.82, 2.24) is 9.80 Å². The highest BCUT2D eigenvalue weighted by molar-refractivity contribution is 9.10. The van der Waals surface area contributed by atoms with Gasteiger partial charge in [-0.05, 0) is 25.6 Å². The maximum Gasteiger partial charge on any atom is 0.0246 e. The van der Waals surface area contributed by atoms with Crippen LogP contribution in [-0.2, 0) is 6.54 Å². The Morgan fingerprint density at radius 3 is 2.56 bits per heavy atom. The van der Waals surface area contributed by atoms with E-state index in [1.54, 1.807) is 0 Å². The third-order valence-electron chi connectivity index (χ3n) is 3.19. The van der Waals surface area contributed by atoms with E-state index in [4.69, 9.17) is 0 Å². The van der Waals surface area contributed by atoms with Crippen LogP contribution in [0.15, 0.2) is 22.7 Å². The first kappa shape index (κ1) is 12.1. The number of likely N-dealkylation sites (N-methyl/N-ethyl adjacent to an activating group) is 1. The van der Waals surface area contributed by atoms with Crippen molar-refractivity contribution in [2.24, 2.45) is 0 Å². The number of benzene rings is 1. The maximum absolute atomic E-state index is 3.63. The van der Waals surface area contributed by atoms with E-state index in [9.17, 15) is 0 Å². The highest BCUT2D eigenvalue weighted by atomic mass is 79.9. The Bertz CT molecular complexity index is 357. The molecule has 2 nitrogen and oxygen atoms in total. The SMILES string of the molecule is Cc1ccc(Br)c(CN2CCN(C)CC2)c1. The fourth-order valence-electron chi connectivity index (χ4n) is 2.07. The molecular weight excluding hydrogens is 264 g/mol. The van der Waals surface area contributed by atoms with Crippen molar-refractivity contribution in [3.05, 3.63) is 33.8 Å². The monoisotopic (exact) mass is 282 g/mol. The predicted molar refractivity (Wildman–Crippen MR) is 71.7 cm³/mol. The van der Waals surface area contributed by atoms with Crippen LogP contribution < -0.4 is 0 Å². The summed E-state index contributed by atoms with van der Waals surface area (Å²) < 4.78 is 1.23. The van der Waals surface area contributed by atoms with Gasteiger partial charge in [0.2, 0.25) is 0 Å². The molecule has 0 spiro atoms. The highest BCUT2D eigenvalue weighted by Crippen LogP contribution is 2.20. The summed E-state index contributed by atoms with van der Waals surface area (Å²) in [4.78, 5) is 4.92. The van der Waals surface area contributed by atoms with Crippen LogP contribution in [0.5, 0.6) is 0 Å². The minimum Gasteiger partial charge on any atom is -0.304 e. The van der Waals surface area contributed by atoms with Gasteiger partial charge >= 0.3 is 0 Å². The van der Waals surface area contributed by atoms with Gasteiger partial charge in [0.05, 0.1) is 0 Å². The minimum atomic E-state index is 1.07. The van der Waals surface area contributed by atoms with Gasteiger partial charge < -0.3 is 4.90 Å². The van der Waals surface area contributed by atoms with Crippen LogP contribution >= 0.6 is 15.9 Å². The Labute approximate surface area is 106 Å². The highest BCUT2D eigenvalue weighted by Gasteiger charge is 2.14. The lowest BCUT2D eigenvalue weighted by Crippen LogP contribution is -2.43. The summed E-state index contributed by atoms with van der Waals surface area (Å²) in [6.45, 7) is 7.94. The molecule has 0 N–H and O–H groups in total. The molecule has 0 aromatic heterocycles. The lowest BCUT2D eigenvalue weighted by Gasteiger charge is -2.32. The zero-order chi connectivity index (χ0) is 11.5. The van der Waals surface area contributed by atoms with Crippen molar-refractivity contribution in [1.29, 1.82) is 0 Å². The molecule has 1 aliphatic heterocycles. The van der Waals surface area contributed by atoms with Crippen molar-refractivity contribution in [2.45, 2.75) is 13.5 Å². The zero-order valence-electron chi connectivity index (χ0n) is 10.0. The molecule has 1 fully saturated rings. The molecule has 0 radical (unpaired) electrons. The van der Waals surface area contributed by atoms with Crippen LogP contribution in [0.4, 0.5) is 0 Å². The lowest BCUT2D eigenvalue weighted by atomic mass is 10.1. The fourth-order valence-corrected chi connectivity index (χ4v) is 2.44. The van der Waals surface area contributed by atoms with Gasteiger partial charge in [0.25, 0.3) is 0 Å². The summed E-state index contributed by atoms with van der Waals surface area (Å²) in [6.07, 6.45) is 0. The Hall–Kier alpha value is -0.380. The summed E-state index contributed by atoms with van der Waals surface area (Å²) in [7, 11) is 2.19. The third kappa shape index (κ3) is 3.06. The number of piperazine rings is 1. The van der Waals surface area contributed by atoms with Gasteiger partial charge in [-0.3, -0.25) is 4.90 Å². The maximum atomic E-state index is 3.63. The molecule has 1 aromatic rings. The molecule has 0 bridgehead atoms. The Morgan fingerprint density at radius 1 is 1.19 bits per heavy atom. The van der Waals surface area contributed by atoms with Crippen LogP contribution in [0, 0.1) is 6.92 Å². The number of rotatable bonds is 2. The van der Waals surface area contributed by atoms with Gasteiger partial charge in [0.15, 0.2) is 0 Å². The summed E-state index contributed by atoms with van der Waals surface area (Å²) in [5, 5.41) is 0. The predicted octanol–water partition coefficient (Wildman–Crippen LogP) is 2.50. The number of nitrogens with zero attached hydrogens (tertiary/aromatic N) is 2. The van der Waals surface area contributed by atoms with Crippen LogP contribution in [0.1, 0.15) is 11.1 Å². The van der Waals surface area contributed by atoms with Gasteiger partial charge in [0.1, 0.15) is 0 Å². The molecule has 1 saturated heterocycles. The number of halogens is 1. The van der Waals surface area contributed by atoms with E-state index < -0.39 is 0 Å². The second kappa shape index (κ2) is 5.30. The van der Waals surface area contributed by atoms with Crippen molar-refractivity contribution >= 4 is 15.9 Å². The topological polar surface area (TPSA) is 6.48 Å². The molecule has 1 heterocycles. The van der Waals surface area contributed by atoms with Crippen LogP contribution in [0.3, 0.4) is 0 Å². The van der Waals surface area contributed by atoms with Crippen molar-refractivity contribution in [3.63, 3.8) is 0 Å². The van der Waals surface area contributed by atoms with E-state index in [1.165, 1.54) is 41.8 Å². The lowest BCUT2D eigenvalue weighted by molar-refractivity contribution is 0.148. The second-order valence-electron chi connectivity index (χ2n) is 4.67. The molecule has 2 rings (SSSR count). The third-order valence-corrected chi connectivity index (χ3v) is 3.96. The van der Waals surface area contributed by atoms with Gasteiger partial charge in [-0.15, -0.1) is 0 Å². The minimum absolute atomic E-state index is 1.07. The van der Waals surface area contributed by atoms with E-state index in [0.717, 1.165) is 6.54 Å². The molecule has 88 valence electrons. The van der Waals surface area contributed by atoms with E-state index in [-0.39, 0.29) is 0 Å². The standard InChI is InChI=1S/C13H19BrN2/c1-11-3-4-13(14)12(9-11)10-16-7-5-15(2)6-8-16/h3-4,9H,5-8,10H2,1-2H3. The largest absolute Gasteiger partial charge is 0.304 e. The van der Waals surface area contributed by atoms with E-state index in [1.807, 2.05) is 0 Å². The summed E-state index contributed by atoms with van der Waals surface area (Å²) in [5.41, 5.74) is 2.75. The van der Waals surface area contributed by atoms with Crippen molar-refractivity contribution < 1.29 is 0 Å². The first-order valence-electron chi connectivity index (χ1n) is 5.81. The van der Waals surface area contributed by atoms with E-state index in [0.29, 0.717) is 0 Å². The smallest absolute Gasteiger partial charge is 0.0246 e. The average Bonchev–Trinajstić information content (AvgIpc) is 2.27. The van der Waals surface area contributed by atoms with E-state index >= 15 is 0 Å². The summed E-state index contributed by atoms with van der Waals surface area (Å²) >= 11 is 3.63. The molecule has 0 aliphatic carbocycles. The second-order valence-corrected chi connectivity index (χ2v) is 5.53. The molecular formula is C13H19BrN2. The molecule has 16 heavy (non-hydrogen) atoms. The summed E-state index contributed by atoms with van der Waals surface area (Å²) in [5.74, 6) is 0. The van der Waals surface area contributed by atoms with Crippen molar-refractivity contribution in [2.75, 3.05) is 33.2 Å². The molecule has 3 heteroatoms. The quantitative estimate of drug-likeness (QED) is 0.823. The first-order valence-corrected chi connectivity index (χ1v) is 6.60.